The third-order valence-electron chi connectivity index (χ3n) is 3.49. The molecule has 0 aliphatic rings. The van der Waals surface area contributed by atoms with E-state index in [1.54, 1.807) is 0 Å². The van der Waals surface area contributed by atoms with Crippen LogP contribution in [0, 0.1) is 13.8 Å². The molecule has 1 heteroatoms. The smallest absolute Gasteiger partial charge is 0.164 e. The number of fused-ring (bicyclic) bond motifs is 1. The van der Waals surface area contributed by atoms with Crippen LogP contribution < -0.4 is 4.57 Å². The molecule has 0 saturated carbocycles. The van der Waals surface area contributed by atoms with E-state index in [1.807, 2.05) is 0 Å². The van der Waals surface area contributed by atoms with E-state index in [4.69, 9.17) is 0 Å². The van der Waals surface area contributed by atoms with Gasteiger partial charge in [0.2, 0.25) is 5.69 Å². The minimum absolute atomic E-state index is 1.25. The molecule has 0 atom stereocenters. The predicted molar refractivity (Wildman–Crippen MR) is 75.0 cm³/mol. The molecule has 1 heterocycles. The van der Waals surface area contributed by atoms with E-state index >= 15 is 0 Å². The maximum Gasteiger partial charge on any atom is 0.213 e. The summed E-state index contributed by atoms with van der Waals surface area (Å²) < 4.78 is 2.26. The van der Waals surface area contributed by atoms with Gasteiger partial charge in [-0.1, -0.05) is 36.4 Å². The van der Waals surface area contributed by atoms with Gasteiger partial charge in [-0.05, 0) is 18.4 Å². The van der Waals surface area contributed by atoms with Crippen LogP contribution in [-0.4, -0.2) is 0 Å². The maximum atomic E-state index is 2.26. The topological polar surface area (TPSA) is 3.88 Å². The molecule has 0 saturated heterocycles. The van der Waals surface area contributed by atoms with Gasteiger partial charge in [-0.2, -0.15) is 4.57 Å². The van der Waals surface area contributed by atoms with Crippen molar-refractivity contribution in [3.8, 4) is 5.69 Å². The lowest BCUT2D eigenvalue weighted by atomic mass is 10.1. The van der Waals surface area contributed by atoms with Crippen LogP contribution in [-0.2, 0) is 0 Å². The van der Waals surface area contributed by atoms with Crippen molar-refractivity contribution in [2.24, 2.45) is 0 Å². The third-order valence-corrected chi connectivity index (χ3v) is 3.49. The van der Waals surface area contributed by atoms with Crippen molar-refractivity contribution in [2.45, 2.75) is 13.8 Å². The Morgan fingerprint density at radius 2 is 1.50 bits per heavy atom. The van der Waals surface area contributed by atoms with Crippen LogP contribution in [0.4, 0.5) is 0 Å². The van der Waals surface area contributed by atoms with Gasteiger partial charge >= 0.3 is 0 Å². The molecule has 0 aliphatic carbocycles. The average molecular weight is 234 g/mol. The van der Waals surface area contributed by atoms with Crippen molar-refractivity contribution in [3.63, 3.8) is 0 Å². The lowest BCUT2D eigenvalue weighted by molar-refractivity contribution is -0.601. The predicted octanol–water partition coefficient (Wildman–Crippen LogP) is 3.73. The summed E-state index contributed by atoms with van der Waals surface area (Å²) in [5, 5.41) is 2.60. The molecule has 0 spiro atoms. The highest BCUT2D eigenvalue weighted by atomic mass is 15.0. The van der Waals surface area contributed by atoms with Crippen LogP contribution in [0.2, 0.25) is 0 Å². The Labute approximate surface area is 107 Å². The minimum Gasteiger partial charge on any atom is -0.164 e. The second kappa shape index (κ2) is 4.26. The molecule has 3 rings (SSSR count). The van der Waals surface area contributed by atoms with Crippen molar-refractivity contribution >= 4 is 10.8 Å². The third kappa shape index (κ3) is 1.68. The summed E-state index contributed by atoms with van der Waals surface area (Å²) in [5.74, 6) is 0. The summed E-state index contributed by atoms with van der Waals surface area (Å²) in [4.78, 5) is 0. The minimum atomic E-state index is 1.25. The molecule has 2 aromatic carbocycles. The highest BCUT2D eigenvalue weighted by Gasteiger charge is 2.14. The molecule has 0 fully saturated rings. The molecule has 0 unspecified atom stereocenters. The van der Waals surface area contributed by atoms with E-state index in [2.05, 4.69) is 79.2 Å². The Bertz CT molecular complexity index is 714. The standard InChI is InChI=1S/C17H16N/c1-13-7-3-6-10-17(13)18-12-11-15-8-4-5-9-16(15)14(18)2/h3-12H,1-2H3/q+1. The van der Waals surface area contributed by atoms with E-state index in [9.17, 15) is 0 Å². The number of nitrogens with zero attached hydrogens (tertiary/aromatic N) is 1. The Morgan fingerprint density at radius 3 is 2.33 bits per heavy atom. The van der Waals surface area contributed by atoms with Crippen LogP contribution in [0.5, 0.6) is 0 Å². The fourth-order valence-corrected chi connectivity index (χ4v) is 2.46. The molecular weight excluding hydrogens is 218 g/mol. The van der Waals surface area contributed by atoms with Gasteiger partial charge < -0.3 is 0 Å². The van der Waals surface area contributed by atoms with Gasteiger partial charge in [-0.15, -0.1) is 0 Å². The Kier molecular flexibility index (Phi) is 2.60. The number of aryl methyl sites for hydroxylation is 2. The number of aromatic nitrogens is 1. The second-order valence-corrected chi connectivity index (χ2v) is 4.64. The van der Waals surface area contributed by atoms with Crippen LogP contribution >= 0.6 is 0 Å². The van der Waals surface area contributed by atoms with Crippen molar-refractivity contribution < 1.29 is 4.57 Å². The molecule has 3 aromatic rings. The summed E-state index contributed by atoms with van der Waals surface area (Å²) in [7, 11) is 0. The van der Waals surface area contributed by atoms with Gasteiger partial charge in [0.1, 0.15) is 0 Å². The summed E-state index contributed by atoms with van der Waals surface area (Å²) in [6, 6.07) is 19.2. The number of para-hydroxylation sites is 1. The molecule has 1 nitrogen and oxygen atoms in total. The highest BCUT2D eigenvalue weighted by Crippen LogP contribution is 2.16. The molecule has 18 heavy (non-hydrogen) atoms. The number of hydrogen-bond acceptors (Lipinski definition) is 0. The molecule has 1 aromatic heterocycles. The van der Waals surface area contributed by atoms with Gasteiger partial charge in [-0.3, -0.25) is 0 Å². The van der Waals surface area contributed by atoms with Crippen molar-refractivity contribution in [1.82, 2.24) is 0 Å². The van der Waals surface area contributed by atoms with E-state index in [0.29, 0.717) is 0 Å². The highest BCUT2D eigenvalue weighted by molar-refractivity contribution is 5.83. The summed E-state index contributed by atoms with van der Waals surface area (Å²) in [6.07, 6.45) is 2.15. The average Bonchev–Trinajstić information content (AvgIpc) is 2.41. The van der Waals surface area contributed by atoms with Crippen molar-refractivity contribution in [1.29, 1.82) is 0 Å². The first-order chi connectivity index (χ1) is 8.77. The molecule has 0 N–H and O–H groups in total. The van der Waals surface area contributed by atoms with E-state index in [1.165, 1.54) is 27.7 Å². The fourth-order valence-electron chi connectivity index (χ4n) is 2.46. The molecule has 0 aliphatic heterocycles. The number of hydrogen-bond donors (Lipinski definition) is 0. The maximum absolute atomic E-state index is 2.26. The Hall–Kier alpha value is -2.15. The van der Waals surface area contributed by atoms with E-state index in [0.717, 1.165) is 0 Å². The molecule has 0 bridgehead atoms. The van der Waals surface area contributed by atoms with Gasteiger partial charge in [-0.25, -0.2) is 0 Å². The molecule has 0 amide bonds. The van der Waals surface area contributed by atoms with Crippen molar-refractivity contribution in [2.75, 3.05) is 0 Å². The normalized spacial score (nSPS) is 10.8. The van der Waals surface area contributed by atoms with Gasteiger partial charge in [0.15, 0.2) is 11.9 Å². The molecule has 0 radical (unpaired) electrons. The quantitative estimate of drug-likeness (QED) is 0.565. The lowest BCUT2D eigenvalue weighted by Crippen LogP contribution is -2.34. The zero-order chi connectivity index (χ0) is 12.5. The first-order valence-electron chi connectivity index (χ1n) is 6.23. The largest absolute Gasteiger partial charge is 0.213 e. The first-order valence-corrected chi connectivity index (χ1v) is 6.23. The van der Waals surface area contributed by atoms with E-state index < -0.39 is 0 Å². The lowest BCUT2D eigenvalue weighted by Gasteiger charge is -2.05. The monoisotopic (exact) mass is 234 g/mol. The Morgan fingerprint density at radius 1 is 0.778 bits per heavy atom. The fraction of sp³-hybridized carbons (Fsp3) is 0.118. The van der Waals surface area contributed by atoms with Crippen molar-refractivity contribution in [3.05, 3.63) is 72.1 Å². The molecule has 88 valence electrons. The number of rotatable bonds is 1. The summed E-state index contributed by atoms with van der Waals surface area (Å²) >= 11 is 0. The SMILES string of the molecule is Cc1ccccc1-[n+]1ccc2ccccc2c1C. The van der Waals surface area contributed by atoms with Gasteiger partial charge in [0, 0.05) is 30.0 Å². The van der Waals surface area contributed by atoms with E-state index in [-0.39, 0.29) is 0 Å². The van der Waals surface area contributed by atoms with Gasteiger partial charge in [0.25, 0.3) is 0 Å². The van der Waals surface area contributed by atoms with Crippen LogP contribution in [0.25, 0.3) is 16.5 Å². The first kappa shape index (κ1) is 11.0. The zero-order valence-electron chi connectivity index (χ0n) is 10.7. The number of pyridine rings is 1. The Balaban J connectivity index is 2.31. The molecular formula is C17H16N+. The van der Waals surface area contributed by atoms with Gasteiger partial charge in [0.05, 0.1) is 0 Å². The zero-order valence-corrected chi connectivity index (χ0v) is 10.7. The van der Waals surface area contributed by atoms with Crippen LogP contribution in [0.1, 0.15) is 11.3 Å². The number of benzene rings is 2. The van der Waals surface area contributed by atoms with Crippen LogP contribution in [0.3, 0.4) is 0 Å². The van der Waals surface area contributed by atoms with Crippen LogP contribution in [0.15, 0.2) is 60.8 Å². The second-order valence-electron chi connectivity index (χ2n) is 4.64. The summed E-state index contributed by atoms with van der Waals surface area (Å²) in [6.45, 7) is 4.33. The summed E-state index contributed by atoms with van der Waals surface area (Å²) in [5.41, 5.74) is 3.82.